The van der Waals surface area contributed by atoms with Gasteiger partial charge in [0.05, 0.1) is 6.61 Å². The van der Waals surface area contributed by atoms with E-state index in [-0.39, 0.29) is 6.02 Å². The van der Waals surface area contributed by atoms with Crippen molar-refractivity contribution < 1.29 is 14.3 Å². The van der Waals surface area contributed by atoms with Crippen LogP contribution in [0.25, 0.3) is 0 Å². The molecule has 0 aromatic carbocycles. The standard InChI is InChI=1S/C9H18N4O3S/c1-5-16-8(11-9(15)13(3)4)10-7(14)12-17-6-2/h5-6H2,1-4H3,(H2,10,11,12,14,15). The third kappa shape index (κ3) is 7.45. The van der Waals surface area contributed by atoms with Crippen molar-refractivity contribution in [2.45, 2.75) is 13.8 Å². The fraction of sp³-hybridized carbons (Fsp3) is 0.667. The Balaban J connectivity index is 4.42. The third-order valence-corrected chi connectivity index (χ3v) is 2.01. The highest BCUT2D eigenvalue weighted by atomic mass is 32.2. The molecule has 0 spiro atoms. The van der Waals surface area contributed by atoms with Gasteiger partial charge in [0.25, 0.3) is 0 Å². The minimum Gasteiger partial charge on any atom is -0.465 e. The van der Waals surface area contributed by atoms with Crippen LogP contribution in [0.5, 0.6) is 0 Å². The maximum atomic E-state index is 11.3. The van der Waals surface area contributed by atoms with Gasteiger partial charge in [0.2, 0.25) is 0 Å². The highest BCUT2D eigenvalue weighted by Crippen LogP contribution is 1.91. The van der Waals surface area contributed by atoms with Crippen LogP contribution in [0, 0.1) is 0 Å². The normalized spacial score (nSPS) is 10.7. The number of nitrogens with one attached hydrogen (secondary N) is 2. The lowest BCUT2D eigenvalue weighted by Gasteiger charge is -2.11. The summed E-state index contributed by atoms with van der Waals surface area (Å²) in [5.74, 6) is 0.741. The number of urea groups is 2. The number of carbonyl (C=O) groups excluding carboxylic acids is 2. The SMILES string of the molecule is CCOC(=NC(=O)N(C)C)NC(=O)NSCC. The van der Waals surface area contributed by atoms with Crippen LogP contribution in [0.15, 0.2) is 4.99 Å². The zero-order chi connectivity index (χ0) is 13.3. The molecule has 0 aromatic rings. The number of nitrogens with zero attached hydrogens (tertiary/aromatic N) is 2. The maximum absolute atomic E-state index is 11.3. The molecule has 0 aromatic heterocycles. The molecule has 4 amide bonds. The Hall–Kier alpha value is -1.44. The van der Waals surface area contributed by atoms with Crippen LogP contribution in [0.2, 0.25) is 0 Å². The Morgan fingerprint density at radius 3 is 2.47 bits per heavy atom. The molecule has 0 radical (unpaired) electrons. The molecule has 0 saturated heterocycles. The molecule has 0 atom stereocenters. The molecule has 0 rings (SSSR count). The summed E-state index contributed by atoms with van der Waals surface area (Å²) in [5.41, 5.74) is 0. The van der Waals surface area contributed by atoms with E-state index >= 15 is 0 Å². The van der Waals surface area contributed by atoms with Gasteiger partial charge in [-0.15, -0.1) is 4.99 Å². The third-order valence-electron chi connectivity index (χ3n) is 1.39. The number of amidine groups is 1. The zero-order valence-electron chi connectivity index (χ0n) is 10.4. The van der Waals surface area contributed by atoms with E-state index in [0.717, 1.165) is 5.75 Å². The van der Waals surface area contributed by atoms with E-state index in [0.29, 0.717) is 6.61 Å². The molecule has 0 aliphatic rings. The molecule has 0 aliphatic carbocycles. The Morgan fingerprint density at radius 2 is 2.00 bits per heavy atom. The highest BCUT2D eigenvalue weighted by molar-refractivity contribution is 7.97. The van der Waals surface area contributed by atoms with E-state index in [1.54, 1.807) is 21.0 Å². The van der Waals surface area contributed by atoms with E-state index in [1.807, 2.05) is 6.92 Å². The van der Waals surface area contributed by atoms with E-state index in [9.17, 15) is 9.59 Å². The molecular formula is C9H18N4O3S. The van der Waals surface area contributed by atoms with Gasteiger partial charge in [0.15, 0.2) is 0 Å². The van der Waals surface area contributed by atoms with Crippen LogP contribution in [0.4, 0.5) is 9.59 Å². The molecular weight excluding hydrogens is 244 g/mol. The fourth-order valence-corrected chi connectivity index (χ4v) is 1.01. The zero-order valence-corrected chi connectivity index (χ0v) is 11.3. The molecule has 0 saturated carbocycles. The van der Waals surface area contributed by atoms with Gasteiger partial charge in [-0.2, -0.15) is 0 Å². The minimum atomic E-state index is -0.503. The van der Waals surface area contributed by atoms with Gasteiger partial charge in [0, 0.05) is 19.8 Å². The first-order valence-electron chi connectivity index (χ1n) is 5.12. The monoisotopic (exact) mass is 262 g/mol. The smallest absolute Gasteiger partial charge is 0.347 e. The molecule has 0 bridgehead atoms. The lowest BCUT2D eigenvalue weighted by atomic mass is 10.8. The average Bonchev–Trinajstić information content (AvgIpc) is 2.26. The second-order valence-corrected chi connectivity index (χ2v) is 4.09. The van der Waals surface area contributed by atoms with Gasteiger partial charge in [0.1, 0.15) is 0 Å². The van der Waals surface area contributed by atoms with E-state index in [2.05, 4.69) is 15.0 Å². The summed E-state index contributed by atoms with van der Waals surface area (Å²) in [6.07, 6.45) is 0. The van der Waals surface area contributed by atoms with Crippen LogP contribution >= 0.6 is 11.9 Å². The van der Waals surface area contributed by atoms with Crippen molar-refractivity contribution in [3.8, 4) is 0 Å². The number of rotatable bonds is 3. The van der Waals surface area contributed by atoms with E-state index < -0.39 is 12.1 Å². The lowest BCUT2D eigenvalue weighted by molar-refractivity contribution is 0.224. The summed E-state index contributed by atoms with van der Waals surface area (Å²) in [5, 5.41) is 2.35. The molecule has 98 valence electrons. The molecule has 7 nitrogen and oxygen atoms in total. The van der Waals surface area contributed by atoms with Gasteiger partial charge in [-0.05, 0) is 18.9 Å². The summed E-state index contributed by atoms with van der Waals surface area (Å²) < 4.78 is 7.54. The predicted molar refractivity (Wildman–Crippen MR) is 67.9 cm³/mol. The van der Waals surface area contributed by atoms with Gasteiger partial charge < -0.3 is 9.64 Å². The second-order valence-electron chi connectivity index (χ2n) is 3.02. The van der Waals surface area contributed by atoms with Crippen LogP contribution in [0.1, 0.15) is 13.8 Å². The number of hydrogen-bond donors (Lipinski definition) is 2. The Morgan fingerprint density at radius 1 is 1.35 bits per heavy atom. The molecule has 2 N–H and O–H groups in total. The summed E-state index contributed by atoms with van der Waals surface area (Å²) in [7, 11) is 3.12. The second kappa shape index (κ2) is 8.68. The minimum absolute atomic E-state index is 0.111. The molecule has 0 fully saturated rings. The Bertz CT molecular complexity index is 294. The van der Waals surface area contributed by atoms with Crippen molar-refractivity contribution in [3.63, 3.8) is 0 Å². The highest BCUT2D eigenvalue weighted by Gasteiger charge is 2.10. The van der Waals surface area contributed by atoms with Gasteiger partial charge in [-0.25, -0.2) is 9.59 Å². The van der Waals surface area contributed by atoms with Crippen molar-refractivity contribution in [1.82, 2.24) is 14.9 Å². The first-order chi connectivity index (χ1) is 8.01. The number of ether oxygens (including phenoxy) is 1. The first kappa shape index (κ1) is 15.6. The quantitative estimate of drug-likeness (QED) is 0.452. The molecule has 0 aliphatic heterocycles. The summed E-state index contributed by atoms with van der Waals surface area (Å²) >= 11 is 1.23. The van der Waals surface area contributed by atoms with Crippen molar-refractivity contribution in [2.75, 3.05) is 26.5 Å². The first-order valence-corrected chi connectivity index (χ1v) is 6.11. The lowest BCUT2D eigenvalue weighted by Crippen LogP contribution is -2.39. The summed E-state index contributed by atoms with van der Waals surface area (Å²) in [6, 6.07) is -1.09. The largest absolute Gasteiger partial charge is 0.465 e. The summed E-state index contributed by atoms with van der Waals surface area (Å²) in [4.78, 5) is 27.5. The van der Waals surface area contributed by atoms with Crippen molar-refractivity contribution in [1.29, 1.82) is 0 Å². The topological polar surface area (TPSA) is 83.0 Å². The number of carbonyl (C=O) groups is 2. The molecule has 0 heterocycles. The van der Waals surface area contributed by atoms with E-state index in [4.69, 9.17) is 4.74 Å². The number of hydrogen-bond acceptors (Lipinski definition) is 4. The Kier molecular flexibility index (Phi) is 7.95. The number of amides is 4. The van der Waals surface area contributed by atoms with Crippen molar-refractivity contribution >= 4 is 30.0 Å². The van der Waals surface area contributed by atoms with Crippen molar-refractivity contribution in [2.24, 2.45) is 4.99 Å². The van der Waals surface area contributed by atoms with Crippen molar-refractivity contribution in [3.05, 3.63) is 0 Å². The Labute approximate surface area is 105 Å². The van der Waals surface area contributed by atoms with Crippen LogP contribution in [-0.2, 0) is 4.74 Å². The van der Waals surface area contributed by atoms with Crippen LogP contribution in [-0.4, -0.2) is 49.4 Å². The van der Waals surface area contributed by atoms with Crippen LogP contribution in [0.3, 0.4) is 0 Å². The predicted octanol–water partition coefficient (Wildman–Crippen LogP) is 1.03. The van der Waals surface area contributed by atoms with Crippen LogP contribution < -0.4 is 10.0 Å². The van der Waals surface area contributed by atoms with Gasteiger partial charge in [-0.1, -0.05) is 6.92 Å². The van der Waals surface area contributed by atoms with Gasteiger partial charge in [-0.3, -0.25) is 10.0 Å². The molecule has 8 heteroatoms. The maximum Gasteiger partial charge on any atom is 0.347 e. The molecule has 17 heavy (non-hydrogen) atoms. The molecule has 0 unspecified atom stereocenters. The fourth-order valence-electron chi connectivity index (χ4n) is 0.680. The van der Waals surface area contributed by atoms with Gasteiger partial charge >= 0.3 is 18.1 Å². The summed E-state index contributed by atoms with van der Waals surface area (Å²) in [6.45, 7) is 3.94. The number of aliphatic imine (C=N–C) groups is 1. The average molecular weight is 262 g/mol. The van der Waals surface area contributed by atoms with E-state index in [1.165, 1.54) is 16.8 Å².